The number of methoxy groups -OCH3 is 1. The van der Waals surface area contributed by atoms with Crippen molar-refractivity contribution in [3.05, 3.63) is 70.8 Å². The van der Waals surface area contributed by atoms with Gasteiger partial charge in [-0.25, -0.2) is 9.59 Å². The topological polar surface area (TPSA) is 118 Å². The molecule has 0 aromatic heterocycles. The SMILES string of the molecule is COC(=O)C(CNC(=O)c1ccc(C)c(C=N)c1)NC(=O)OCCc1ccccc1. The van der Waals surface area contributed by atoms with Crippen molar-refractivity contribution in [1.82, 2.24) is 10.6 Å². The van der Waals surface area contributed by atoms with Gasteiger partial charge in [0.25, 0.3) is 5.91 Å². The van der Waals surface area contributed by atoms with Crippen LogP contribution in [-0.2, 0) is 20.7 Å². The van der Waals surface area contributed by atoms with Crippen LogP contribution in [0.4, 0.5) is 4.79 Å². The Morgan fingerprint density at radius 1 is 1.13 bits per heavy atom. The first-order valence-corrected chi connectivity index (χ1v) is 9.39. The summed E-state index contributed by atoms with van der Waals surface area (Å²) in [5, 5.41) is 12.4. The van der Waals surface area contributed by atoms with Gasteiger partial charge in [0.15, 0.2) is 0 Å². The highest BCUT2D eigenvalue weighted by atomic mass is 16.6. The largest absolute Gasteiger partial charge is 0.467 e. The second-order valence-electron chi connectivity index (χ2n) is 6.52. The normalized spacial score (nSPS) is 11.1. The van der Waals surface area contributed by atoms with Crippen LogP contribution in [0.1, 0.15) is 27.0 Å². The van der Waals surface area contributed by atoms with Crippen LogP contribution in [0.15, 0.2) is 48.5 Å². The van der Waals surface area contributed by atoms with Gasteiger partial charge in [0.1, 0.15) is 6.04 Å². The fraction of sp³-hybridized carbons (Fsp3) is 0.273. The number of rotatable bonds is 9. The molecule has 0 spiro atoms. The van der Waals surface area contributed by atoms with E-state index in [-0.39, 0.29) is 13.2 Å². The van der Waals surface area contributed by atoms with E-state index in [1.807, 2.05) is 37.3 Å². The van der Waals surface area contributed by atoms with Crippen molar-refractivity contribution in [2.75, 3.05) is 20.3 Å². The summed E-state index contributed by atoms with van der Waals surface area (Å²) in [6.45, 7) is 1.81. The van der Waals surface area contributed by atoms with Crippen LogP contribution in [0, 0.1) is 12.3 Å². The number of hydrogen-bond donors (Lipinski definition) is 3. The second kappa shape index (κ2) is 11.4. The molecule has 0 bridgehead atoms. The number of alkyl carbamates (subject to hydrolysis) is 1. The lowest BCUT2D eigenvalue weighted by molar-refractivity contribution is -0.142. The van der Waals surface area contributed by atoms with Gasteiger partial charge < -0.3 is 25.5 Å². The number of hydrogen-bond acceptors (Lipinski definition) is 6. The number of carbonyl (C=O) groups excluding carboxylic acids is 3. The molecule has 2 aromatic carbocycles. The summed E-state index contributed by atoms with van der Waals surface area (Å²) in [5.41, 5.74) is 2.85. The van der Waals surface area contributed by atoms with Gasteiger partial charge in [0.2, 0.25) is 0 Å². The van der Waals surface area contributed by atoms with Crippen LogP contribution >= 0.6 is 0 Å². The van der Waals surface area contributed by atoms with Crippen LogP contribution in [0.2, 0.25) is 0 Å². The van der Waals surface area contributed by atoms with E-state index in [1.165, 1.54) is 7.11 Å². The van der Waals surface area contributed by atoms with Crippen molar-refractivity contribution < 1.29 is 23.9 Å². The summed E-state index contributed by atoms with van der Waals surface area (Å²) in [4.78, 5) is 36.4. The molecule has 30 heavy (non-hydrogen) atoms. The summed E-state index contributed by atoms with van der Waals surface area (Å²) in [7, 11) is 1.19. The molecule has 8 heteroatoms. The van der Waals surface area contributed by atoms with E-state index in [4.69, 9.17) is 10.1 Å². The zero-order chi connectivity index (χ0) is 21.9. The van der Waals surface area contributed by atoms with Crippen molar-refractivity contribution in [3.63, 3.8) is 0 Å². The third kappa shape index (κ3) is 6.73. The maximum atomic E-state index is 12.4. The summed E-state index contributed by atoms with van der Waals surface area (Å²) in [6, 6.07) is 13.4. The Balaban J connectivity index is 1.88. The number of esters is 1. The molecule has 2 rings (SSSR count). The predicted octanol–water partition coefficient (Wildman–Crippen LogP) is 2.23. The molecule has 0 aliphatic carbocycles. The van der Waals surface area contributed by atoms with E-state index in [2.05, 4.69) is 15.4 Å². The molecule has 0 aliphatic rings. The number of aryl methyl sites for hydroxylation is 1. The van der Waals surface area contributed by atoms with Crippen molar-refractivity contribution in [1.29, 1.82) is 5.41 Å². The lowest BCUT2D eigenvalue weighted by Gasteiger charge is -2.17. The Hall–Kier alpha value is -3.68. The molecule has 1 atom stereocenters. The third-order valence-corrected chi connectivity index (χ3v) is 4.41. The van der Waals surface area contributed by atoms with Crippen LogP contribution in [0.5, 0.6) is 0 Å². The molecule has 0 aliphatic heterocycles. The lowest BCUT2D eigenvalue weighted by atomic mass is 10.1. The Labute approximate surface area is 175 Å². The van der Waals surface area contributed by atoms with E-state index in [9.17, 15) is 14.4 Å². The standard InChI is InChI=1S/C22H25N3O5/c1-15-8-9-17(12-18(15)13-23)20(26)24-14-19(21(27)29-2)25-22(28)30-11-10-16-6-4-3-5-7-16/h3-9,12-13,19,23H,10-11,14H2,1-2H3,(H,24,26)(H,25,28). The minimum absolute atomic E-state index is 0.145. The van der Waals surface area contributed by atoms with Gasteiger partial charge in [-0.3, -0.25) is 4.79 Å². The van der Waals surface area contributed by atoms with Gasteiger partial charge in [-0.2, -0.15) is 0 Å². The molecule has 0 heterocycles. The molecular formula is C22H25N3O5. The average Bonchev–Trinajstić information content (AvgIpc) is 2.76. The van der Waals surface area contributed by atoms with Crippen molar-refractivity contribution in [2.24, 2.45) is 0 Å². The Bertz CT molecular complexity index is 899. The van der Waals surface area contributed by atoms with E-state index < -0.39 is 24.0 Å². The van der Waals surface area contributed by atoms with Crippen LogP contribution in [0.25, 0.3) is 0 Å². The van der Waals surface area contributed by atoms with Gasteiger partial charge in [-0.05, 0) is 35.7 Å². The average molecular weight is 411 g/mol. The molecule has 8 nitrogen and oxygen atoms in total. The van der Waals surface area contributed by atoms with Crippen LogP contribution in [0.3, 0.4) is 0 Å². The van der Waals surface area contributed by atoms with E-state index in [1.54, 1.807) is 18.2 Å². The zero-order valence-corrected chi connectivity index (χ0v) is 16.9. The predicted molar refractivity (Wildman–Crippen MR) is 112 cm³/mol. The Morgan fingerprint density at radius 3 is 2.53 bits per heavy atom. The van der Waals surface area contributed by atoms with E-state index >= 15 is 0 Å². The van der Waals surface area contributed by atoms with Crippen LogP contribution in [-0.4, -0.2) is 50.5 Å². The maximum Gasteiger partial charge on any atom is 0.407 e. The molecule has 0 radical (unpaired) electrons. The minimum atomic E-state index is -1.10. The van der Waals surface area contributed by atoms with Gasteiger partial charge in [0, 0.05) is 24.7 Å². The minimum Gasteiger partial charge on any atom is -0.467 e. The number of amides is 2. The molecule has 2 amide bonds. The quantitative estimate of drug-likeness (QED) is 0.432. The molecule has 3 N–H and O–H groups in total. The molecule has 0 saturated heterocycles. The Kier molecular flexibility index (Phi) is 8.56. The second-order valence-corrected chi connectivity index (χ2v) is 6.52. The fourth-order valence-corrected chi connectivity index (χ4v) is 2.66. The number of benzene rings is 2. The number of ether oxygens (including phenoxy) is 2. The van der Waals surface area contributed by atoms with Crippen molar-refractivity contribution >= 4 is 24.2 Å². The van der Waals surface area contributed by atoms with E-state index in [0.717, 1.165) is 17.3 Å². The molecule has 2 aromatic rings. The zero-order valence-electron chi connectivity index (χ0n) is 16.9. The van der Waals surface area contributed by atoms with Crippen molar-refractivity contribution in [2.45, 2.75) is 19.4 Å². The van der Waals surface area contributed by atoms with Gasteiger partial charge >= 0.3 is 12.1 Å². The summed E-state index contributed by atoms with van der Waals surface area (Å²) in [5.74, 6) is -1.15. The lowest BCUT2D eigenvalue weighted by Crippen LogP contribution is -2.49. The number of nitrogens with one attached hydrogen (secondary N) is 3. The van der Waals surface area contributed by atoms with Gasteiger partial charge in [-0.1, -0.05) is 36.4 Å². The fourth-order valence-electron chi connectivity index (χ4n) is 2.66. The molecule has 1 unspecified atom stereocenters. The van der Waals surface area contributed by atoms with Gasteiger partial charge in [0.05, 0.1) is 13.7 Å². The first-order chi connectivity index (χ1) is 14.4. The monoisotopic (exact) mass is 411 g/mol. The molecular weight excluding hydrogens is 386 g/mol. The van der Waals surface area contributed by atoms with Crippen molar-refractivity contribution in [3.8, 4) is 0 Å². The summed E-state index contributed by atoms with van der Waals surface area (Å²) >= 11 is 0. The first-order valence-electron chi connectivity index (χ1n) is 9.39. The smallest absolute Gasteiger partial charge is 0.407 e. The highest BCUT2D eigenvalue weighted by Crippen LogP contribution is 2.09. The highest BCUT2D eigenvalue weighted by Gasteiger charge is 2.23. The van der Waals surface area contributed by atoms with Crippen LogP contribution < -0.4 is 10.6 Å². The first kappa shape index (κ1) is 22.6. The molecule has 158 valence electrons. The highest BCUT2D eigenvalue weighted by molar-refractivity contribution is 5.96. The van der Waals surface area contributed by atoms with E-state index in [0.29, 0.717) is 17.5 Å². The summed E-state index contributed by atoms with van der Waals surface area (Å²) < 4.78 is 9.80. The third-order valence-electron chi connectivity index (χ3n) is 4.41. The van der Waals surface area contributed by atoms with Gasteiger partial charge in [-0.15, -0.1) is 0 Å². The number of carbonyl (C=O) groups is 3. The maximum absolute atomic E-state index is 12.4. The molecule has 0 saturated carbocycles. The Morgan fingerprint density at radius 2 is 1.87 bits per heavy atom. The summed E-state index contributed by atoms with van der Waals surface area (Å²) in [6.07, 6.45) is 0.921. The molecule has 0 fully saturated rings.